The number of aromatic carboxylic acids is 2. The summed E-state index contributed by atoms with van der Waals surface area (Å²) >= 11 is 0. The number of carbonyl (C=O) groups is 2. The van der Waals surface area contributed by atoms with E-state index in [2.05, 4.69) is 15.4 Å². The van der Waals surface area contributed by atoms with E-state index in [4.69, 9.17) is 5.11 Å². The van der Waals surface area contributed by atoms with E-state index in [0.717, 1.165) is 0 Å². The number of hydrogen-bond acceptors (Lipinski definition) is 4. The van der Waals surface area contributed by atoms with Crippen LogP contribution in [0.2, 0.25) is 0 Å². The molecule has 0 amide bonds. The van der Waals surface area contributed by atoms with Gasteiger partial charge in [0.1, 0.15) is 0 Å². The quantitative estimate of drug-likeness (QED) is 0.557. The van der Waals surface area contributed by atoms with Gasteiger partial charge in [0.15, 0.2) is 0 Å². The van der Waals surface area contributed by atoms with Crippen LogP contribution in [0.15, 0.2) is 60.9 Å². The molecule has 118 valence electrons. The number of carboxylic acid groups (broad SMARTS) is 2. The molecule has 0 atom stereocenters. The molecule has 7 nitrogen and oxygen atoms in total. The van der Waals surface area contributed by atoms with Gasteiger partial charge in [-0.1, -0.05) is 47.7 Å². The molecule has 0 aliphatic rings. The van der Waals surface area contributed by atoms with Crippen molar-refractivity contribution in [3.63, 3.8) is 0 Å². The number of aromatic amines is 1. The Morgan fingerprint density at radius 3 is 2.08 bits per heavy atom. The minimum Gasteiger partial charge on any atom is -0.478 e. The van der Waals surface area contributed by atoms with E-state index in [1.165, 1.54) is 12.1 Å². The molecule has 2 aromatic carbocycles. The number of H-pyrrole nitrogens is 1. The molecular weight excluding hydrogens is 411 g/mol. The fourth-order valence-electron chi connectivity index (χ4n) is 1.99. The van der Waals surface area contributed by atoms with E-state index in [-0.39, 0.29) is 38.4 Å². The third-order valence-corrected chi connectivity index (χ3v) is 2.92. The second-order valence-electron chi connectivity index (χ2n) is 4.36. The maximum Gasteiger partial charge on any atom is 0.337 e. The van der Waals surface area contributed by atoms with Gasteiger partial charge in [0, 0.05) is 33.5 Å². The average molecular weight is 424 g/mol. The van der Waals surface area contributed by atoms with Crippen LogP contribution in [-0.2, 0) is 27.3 Å². The zero-order chi connectivity index (χ0) is 16.7. The summed E-state index contributed by atoms with van der Waals surface area (Å²) in [7, 11) is 0. The molecule has 0 saturated carbocycles. The van der Waals surface area contributed by atoms with E-state index in [1.807, 2.05) is 6.07 Å². The Morgan fingerprint density at radius 1 is 0.917 bits per heavy atom. The van der Waals surface area contributed by atoms with Crippen LogP contribution in [0.5, 0.6) is 0 Å². The first-order chi connectivity index (χ1) is 11.1. The van der Waals surface area contributed by atoms with Gasteiger partial charge in [-0.15, -0.1) is 5.10 Å². The molecule has 0 saturated heterocycles. The van der Waals surface area contributed by atoms with E-state index in [9.17, 15) is 14.7 Å². The summed E-state index contributed by atoms with van der Waals surface area (Å²) < 4.78 is 0. The number of nitrogens with zero attached hydrogens (tertiary/aromatic N) is 2. The van der Waals surface area contributed by atoms with Crippen molar-refractivity contribution in [3.8, 4) is 11.1 Å². The van der Waals surface area contributed by atoms with Crippen LogP contribution >= 0.6 is 0 Å². The molecule has 3 rings (SSSR count). The van der Waals surface area contributed by atoms with Gasteiger partial charge in [0.2, 0.25) is 0 Å². The number of nitrogens with one attached hydrogen (secondary N) is 1. The van der Waals surface area contributed by atoms with E-state index in [1.54, 1.807) is 42.7 Å². The van der Waals surface area contributed by atoms with Crippen LogP contribution in [0.3, 0.4) is 0 Å². The van der Waals surface area contributed by atoms with Crippen molar-refractivity contribution in [2.45, 2.75) is 0 Å². The molecule has 3 aromatic rings. The van der Waals surface area contributed by atoms with Crippen molar-refractivity contribution in [2.24, 2.45) is 0 Å². The molecule has 0 spiro atoms. The smallest absolute Gasteiger partial charge is 0.337 e. The molecule has 0 aliphatic heterocycles. The van der Waals surface area contributed by atoms with Gasteiger partial charge in [-0.05, 0) is 17.2 Å². The summed E-state index contributed by atoms with van der Waals surface area (Å²) in [6.45, 7) is 0. The van der Waals surface area contributed by atoms with Gasteiger partial charge in [-0.2, -0.15) is 0 Å². The van der Waals surface area contributed by atoms with Gasteiger partial charge < -0.3 is 10.2 Å². The molecule has 3 N–H and O–H groups in total. The van der Waals surface area contributed by atoms with Crippen LogP contribution in [0.25, 0.3) is 11.1 Å². The SMILES string of the molecule is O=C(O)c1cccc(-c2ccccc2)c1C(=O)O.[Cd].c1c[nH]nn1. The van der Waals surface area contributed by atoms with Crippen molar-refractivity contribution < 1.29 is 47.1 Å². The molecule has 0 aliphatic carbocycles. The average Bonchev–Trinajstić information content (AvgIpc) is 3.14. The van der Waals surface area contributed by atoms with Gasteiger partial charge in [-0.25, -0.2) is 9.59 Å². The van der Waals surface area contributed by atoms with Crippen LogP contribution in [-0.4, -0.2) is 37.6 Å². The molecule has 8 heteroatoms. The maximum absolute atomic E-state index is 11.3. The van der Waals surface area contributed by atoms with Crippen molar-refractivity contribution >= 4 is 11.9 Å². The summed E-state index contributed by atoms with van der Waals surface area (Å²) in [6, 6.07) is 13.3. The molecule has 0 fully saturated rings. The predicted molar refractivity (Wildman–Crippen MR) is 82.2 cm³/mol. The standard InChI is InChI=1S/C14H10O4.C2H3N3.Cd/c15-13(16)11-8-4-7-10(12(11)14(17)18)9-5-2-1-3-6-9;1-2-4-5-3-1;/h1-8H,(H,15,16)(H,17,18);1-2H,(H,3,4,5);. The van der Waals surface area contributed by atoms with Crippen LogP contribution in [0, 0.1) is 0 Å². The normalized spacial score (nSPS) is 9.17. The summed E-state index contributed by atoms with van der Waals surface area (Å²) in [5, 5.41) is 27.5. The molecule has 1 aromatic heterocycles. The number of rotatable bonds is 3. The zero-order valence-corrected chi connectivity index (χ0v) is 16.6. The summed E-state index contributed by atoms with van der Waals surface area (Å²) in [5.41, 5.74) is 0.695. The molecular formula is C16H13CdN3O4. The fourth-order valence-corrected chi connectivity index (χ4v) is 1.99. The number of hydrogen-bond donors (Lipinski definition) is 3. The topological polar surface area (TPSA) is 116 Å². The molecule has 24 heavy (non-hydrogen) atoms. The van der Waals surface area contributed by atoms with Crippen molar-refractivity contribution in [1.82, 2.24) is 15.4 Å². The number of carboxylic acids is 2. The van der Waals surface area contributed by atoms with Crippen molar-refractivity contribution in [1.29, 1.82) is 0 Å². The Hall–Kier alpha value is -2.56. The Balaban J connectivity index is 0.000000412. The maximum atomic E-state index is 11.3. The Kier molecular flexibility index (Phi) is 7.76. The van der Waals surface area contributed by atoms with Gasteiger partial charge in [0.05, 0.1) is 17.3 Å². The van der Waals surface area contributed by atoms with Crippen molar-refractivity contribution in [2.75, 3.05) is 0 Å². The van der Waals surface area contributed by atoms with Gasteiger partial charge >= 0.3 is 11.9 Å². The van der Waals surface area contributed by atoms with E-state index < -0.39 is 11.9 Å². The predicted octanol–water partition coefficient (Wildman–Crippen LogP) is 2.55. The van der Waals surface area contributed by atoms with E-state index >= 15 is 0 Å². The van der Waals surface area contributed by atoms with Crippen molar-refractivity contribution in [3.05, 3.63) is 72.1 Å². The molecule has 0 unspecified atom stereocenters. The minimum absolute atomic E-state index is 0. The molecule has 1 heterocycles. The molecule has 0 radical (unpaired) electrons. The monoisotopic (exact) mass is 425 g/mol. The first-order valence-electron chi connectivity index (χ1n) is 6.56. The minimum atomic E-state index is -1.25. The van der Waals surface area contributed by atoms with Crippen LogP contribution in [0.1, 0.15) is 20.7 Å². The third kappa shape index (κ3) is 4.98. The van der Waals surface area contributed by atoms with Crippen LogP contribution in [0.4, 0.5) is 0 Å². The summed E-state index contributed by atoms with van der Waals surface area (Å²) in [5.74, 6) is -2.49. The fraction of sp³-hybridized carbons (Fsp3) is 0. The van der Waals surface area contributed by atoms with Gasteiger partial charge in [-0.3, -0.25) is 5.10 Å². The second-order valence-corrected chi connectivity index (χ2v) is 4.36. The number of aromatic nitrogens is 3. The Labute approximate surface area is 157 Å². The summed E-state index contributed by atoms with van der Waals surface area (Å²) in [6.07, 6.45) is 3.24. The Morgan fingerprint density at radius 2 is 1.62 bits per heavy atom. The first-order valence-corrected chi connectivity index (χ1v) is 6.56. The summed E-state index contributed by atoms with van der Waals surface area (Å²) in [4.78, 5) is 22.3. The third-order valence-electron chi connectivity index (χ3n) is 2.92. The zero-order valence-electron chi connectivity index (χ0n) is 12.6. The second kappa shape index (κ2) is 9.55. The first kappa shape index (κ1) is 19.5. The largest absolute Gasteiger partial charge is 0.478 e. The van der Waals surface area contributed by atoms with E-state index in [0.29, 0.717) is 11.1 Å². The number of benzene rings is 2. The molecule has 0 bridgehead atoms. The van der Waals surface area contributed by atoms with Gasteiger partial charge in [0.25, 0.3) is 0 Å². The van der Waals surface area contributed by atoms with Crippen LogP contribution < -0.4 is 0 Å². The Bertz CT molecular complexity index is 775.